The number of ether oxygens (including phenoxy) is 1. The van der Waals surface area contributed by atoms with Gasteiger partial charge in [0.15, 0.2) is 0 Å². The van der Waals surface area contributed by atoms with Crippen LogP contribution in [0.4, 0.5) is 0 Å². The third kappa shape index (κ3) is 20.1. The molecule has 0 saturated carbocycles. The molecule has 6 heteroatoms. The molecule has 2 N–H and O–H groups in total. The van der Waals surface area contributed by atoms with Crippen LogP contribution < -0.4 is 10.6 Å². The Morgan fingerprint density at radius 1 is 0.786 bits per heavy atom. The Hall–Kier alpha value is -0.690. The van der Waals surface area contributed by atoms with E-state index in [1.54, 1.807) is 0 Å². The minimum atomic E-state index is 0.201. The van der Waals surface area contributed by atoms with Crippen LogP contribution in [0.5, 0.6) is 0 Å². The quantitative estimate of drug-likeness (QED) is 0.257. The molecule has 0 aliphatic rings. The maximum absolute atomic E-state index is 11.9. The third-order valence-corrected chi connectivity index (χ3v) is 4.89. The summed E-state index contributed by atoms with van der Waals surface area (Å²) in [5.74, 6) is 0.201. The Morgan fingerprint density at radius 3 is 2.14 bits per heavy atom. The average molecular weight is 403 g/mol. The van der Waals surface area contributed by atoms with Gasteiger partial charge in [0.1, 0.15) is 6.54 Å². The van der Waals surface area contributed by atoms with E-state index >= 15 is 0 Å². The Bertz CT molecular complexity index is 381. The first-order valence-electron chi connectivity index (χ1n) is 11.3. The number of nitrogens with one attached hydrogen (secondary N) is 2. The summed E-state index contributed by atoms with van der Waals surface area (Å²) < 4.78 is 7.55. The Balaban J connectivity index is 3.46. The standard InChI is InChI=1S/C22H49N4O2/c1-7-20-28-21-19-26(5,6)18-12-16-24-22(27)13-9-8-10-14-23-15-11-17-25(2,3)4/h23H,7-21H2,1-6H3/q+1/p+1. The summed E-state index contributed by atoms with van der Waals surface area (Å²) in [6, 6.07) is 0. The first-order valence-corrected chi connectivity index (χ1v) is 11.3. The van der Waals surface area contributed by atoms with Gasteiger partial charge in [-0.1, -0.05) is 13.3 Å². The van der Waals surface area contributed by atoms with Crippen molar-refractivity contribution in [1.82, 2.24) is 10.6 Å². The van der Waals surface area contributed by atoms with E-state index in [2.05, 4.69) is 52.8 Å². The van der Waals surface area contributed by atoms with E-state index in [4.69, 9.17) is 4.74 Å². The largest absolute Gasteiger partial charge is 0.376 e. The Kier molecular flexibility index (Phi) is 15.7. The molecule has 28 heavy (non-hydrogen) atoms. The molecule has 0 aliphatic carbocycles. The van der Waals surface area contributed by atoms with Gasteiger partial charge in [0.25, 0.3) is 0 Å². The number of unbranched alkanes of at least 4 members (excludes halogenated alkanes) is 2. The van der Waals surface area contributed by atoms with Gasteiger partial charge in [0, 0.05) is 39.0 Å². The molecule has 0 saturated heterocycles. The second kappa shape index (κ2) is 16.1. The monoisotopic (exact) mass is 402 g/mol. The minimum absolute atomic E-state index is 0.201. The van der Waals surface area contributed by atoms with Crippen molar-refractivity contribution < 1.29 is 18.5 Å². The lowest BCUT2D eigenvalue weighted by Gasteiger charge is -2.29. The zero-order valence-corrected chi connectivity index (χ0v) is 19.8. The number of rotatable bonds is 19. The lowest BCUT2D eigenvalue weighted by atomic mass is 10.2. The number of quaternary nitrogens is 2. The van der Waals surface area contributed by atoms with E-state index < -0.39 is 0 Å². The second-order valence-electron chi connectivity index (χ2n) is 9.63. The zero-order valence-electron chi connectivity index (χ0n) is 19.8. The van der Waals surface area contributed by atoms with E-state index in [0.29, 0.717) is 6.42 Å². The van der Waals surface area contributed by atoms with Crippen molar-refractivity contribution in [3.8, 4) is 0 Å². The van der Waals surface area contributed by atoms with Crippen LogP contribution >= 0.6 is 0 Å². The maximum Gasteiger partial charge on any atom is 0.219 e. The molecule has 1 amide bonds. The van der Waals surface area contributed by atoms with Crippen LogP contribution in [-0.2, 0) is 9.53 Å². The number of amides is 1. The number of hydrogen-bond acceptors (Lipinski definition) is 3. The summed E-state index contributed by atoms with van der Waals surface area (Å²) in [5.41, 5.74) is 0. The van der Waals surface area contributed by atoms with Crippen molar-refractivity contribution in [2.24, 2.45) is 0 Å². The van der Waals surface area contributed by atoms with E-state index in [1.165, 1.54) is 13.0 Å². The second-order valence-corrected chi connectivity index (χ2v) is 9.63. The van der Waals surface area contributed by atoms with Crippen LogP contribution in [0.1, 0.15) is 51.9 Å². The molecule has 0 radical (unpaired) electrons. The summed E-state index contributed by atoms with van der Waals surface area (Å²) >= 11 is 0. The molecule has 0 unspecified atom stereocenters. The van der Waals surface area contributed by atoms with Crippen LogP contribution in [-0.4, -0.2) is 103 Å². The Morgan fingerprint density at radius 2 is 1.46 bits per heavy atom. The molecule has 0 heterocycles. The Labute approximate surface area is 175 Å². The molecule has 6 nitrogen and oxygen atoms in total. The molecule has 0 rings (SSSR count). The predicted molar refractivity (Wildman–Crippen MR) is 119 cm³/mol. The molecule has 0 aromatic rings. The van der Waals surface area contributed by atoms with Gasteiger partial charge in [-0.2, -0.15) is 0 Å². The number of nitrogens with zero attached hydrogens (tertiary/aromatic N) is 2. The first-order chi connectivity index (χ1) is 13.2. The zero-order chi connectivity index (χ0) is 21.3. The average Bonchev–Trinajstić information content (AvgIpc) is 2.60. The molecule has 0 aromatic carbocycles. The van der Waals surface area contributed by atoms with Crippen molar-refractivity contribution in [3.05, 3.63) is 0 Å². The lowest BCUT2D eigenvalue weighted by Crippen LogP contribution is -2.44. The fourth-order valence-electron chi connectivity index (χ4n) is 3.01. The highest BCUT2D eigenvalue weighted by Gasteiger charge is 2.14. The van der Waals surface area contributed by atoms with Crippen molar-refractivity contribution in [2.45, 2.75) is 51.9 Å². The fourth-order valence-corrected chi connectivity index (χ4v) is 3.01. The van der Waals surface area contributed by atoms with Gasteiger partial charge < -0.3 is 24.3 Å². The maximum atomic E-state index is 11.9. The summed E-state index contributed by atoms with van der Waals surface area (Å²) in [6.07, 6.45) is 7.23. The highest BCUT2D eigenvalue weighted by molar-refractivity contribution is 5.75. The van der Waals surface area contributed by atoms with Crippen LogP contribution in [0.25, 0.3) is 0 Å². The molecule has 0 aliphatic heterocycles. The van der Waals surface area contributed by atoms with Gasteiger partial charge in [-0.3, -0.25) is 4.79 Å². The molecule has 168 valence electrons. The summed E-state index contributed by atoms with van der Waals surface area (Å²) in [5, 5.41) is 6.57. The fraction of sp³-hybridized carbons (Fsp3) is 0.955. The highest BCUT2D eigenvalue weighted by Crippen LogP contribution is 2.01. The van der Waals surface area contributed by atoms with E-state index in [1.807, 2.05) is 0 Å². The van der Waals surface area contributed by atoms with Gasteiger partial charge in [-0.15, -0.1) is 0 Å². The normalized spacial score (nSPS) is 12.4. The molecule has 0 atom stereocenters. The number of carbonyl (C=O) groups excluding carboxylic acids is 1. The number of hydrogen-bond donors (Lipinski definition) is 2. The molecular formula is C22H50N4O2+2. The lowest BCUT2D eigenvalue weighted by molar-refractivity contribution is -0.890. The van der Waals surface area contributed by atoms with Crippen LogP contribution in [0.3, 0.4) is 0 Å². The van der Waals surface area contributed by atoms with Gasteiger partial charge in [0.05, 0.1) is 54.9 Å². The van der Waals surface area contributed by atoms with E-state index in [-0.39, 0.29) is 5.91 Å². The van der Waals surface area contributed by atoms with E-state index in [9.17, 15) is 4.79 Å². The van der Waals surface area contributed by atoms with Gasteiger partial charge in [0.2, 0.25) is 5.91 Å². The summed E-state index contributed by atoms with van der Waals surface area (Å²) in [4.78, 5) is 11.9. The minimum Gasteiger partial charge on any atom is -0.376 e. The summed E-state index contributed by atoms with van der Waals surface area (Å²) in [7, 11) is 11.2. The smallest absolute Gasteiger partial charge is 0.219 e. The summed E-state index contributed by atoms with van der Waals surface area (Å²) in [6.45, 7) is 10.0. The van der Waals surface area contributed by atoms with Gasteiger partial charge in [-0.25, -0.2) is 0 Å². The van der Waals surface area contributed by atoms with Crippen LogP contribution in [0.15, 0.2) is 0 Å². The van der Waals surface area contributed by atoms with Crippen molar-refractivity contribution in [2.75, 3.05) is 87.7 Å². The van der Waals surface area contributed by atoms with Crippen molar-refractivity contribution >= 4 is 5.91 Å². The SMILES string of the molecule is CCCOCC[N+](C)(C)CCCNC(=O)CCCCCNCCC[N+](C)(C)C. The molecule has 0 spiro atoms. The highest BCUT2D eigenvalue weighted by atomic mass is 16.5. The van der Waals surface area contributed by atoms with Gasteiger partial charge in [-0.05, 0) is 25.8 Å². The third-order valence-electron chi connectivity index (χ3n) is 4.89. The van der Waals surface area contributed by atoms with Crippen molar-refractivity contribution in [3.63, 3.8) is 0 Å². The topological polar surface area (TPSA) is 50.4 Å². The predicted octanol–water partition coefficient (Wildman–Crippen LogP) is 2.24. The number of likely N-dealkylation sites (N-methyl/N-ethyl adjacent to an activating group) is 1. The van der Waals surface area contributed by atoms with Crippen LogP contribution in [0.2, 0.25) is 0 Å². The van der Waals surface area contributed by atoms with Crippen LogP contribution in [0, 0.1) is 0 Å². The van der Waals surface area contributed by atoms with Crippen molar-refractivity contribution in [1.29, 1.82) is 0 Å². The molecular weight excluding hydrogens is 352 g/mol. The molecule has 0 bridgehead atoms. The molecule has 0 fully saturated rings. The molecule has 0 aromatic heterocycles. The number of carbonyl (C=O) groups is 1. The van der Waals surface area contributed by atoms with E-state index in [0.717, 1.165) is 87.0 Å². The van der Waals surface area contributed by atoms with Gasteiger partial charge >= 0.3 is 0 Å². The first kappa shape index (κ1) is 27.3.